The van der Waals surface area contributed by atoms with Gasteiger partial charge in [-0.05, 0) is 31.7 Å². The Labute approximate surface area is 109 Å². The van der Waals surface area contributed by atoms with Crippen LogP contribution in [0.15, 0.2) is 18.5 Å². The summed E-state index contributed by atoms with van der Waals surface area (Å²) < 4.78 is 0. The predicted octanol–water partition coefficient (Wildman–Crippen LogP) is 1.72. The van der Waals surface area contributed by atoms with Gasteiger partial charge in [0, 0.05) is 12.4 Å². The lowest BCUT2D eigenvalue weighted by Crippen LogP contribution is -2.54. The zero-order chi connectivity index (χ0) is 13.3. The number of hydrogen-bond acceptors (Lipinski definition) is 3. The number of amides is 1. The maximum absolute atomic E-state index is 12.0. The van der Waals surface area contributed by atoms with Crippen molar-refractivity contribution in [2.75, 3.05) is 0 Å². The van der Waals surface area contributed by atoms with Crippen LogP contribution in [0.4, 0.5) is 0 Å². The van der Waals surface area contributed by atoms with Crippen molar-refractivity contribution in [3.05, 3.63) is 29.0 Å². The fourth-order valence-electron chi connectivity index (χ4n) is 1.85. The van der Waals surface area contributed by atoms with E-state index in [1.54, 1.807) is 0 Å². The first kappa shape index (κ1) is 12.8. The van der Waals surface area contributed by atoms with Gasteiger partial charge < -0.3 is 10.4 Å². The van der Waals surface area contributed by atoms with Crippen molar-refractivity contribution in [1.29, 1.82) is 0 Å². The van der Waals surface area contributed by atoms with Crippen LogP contribution in [0.1, 0.15) is 30.1 Å². The number of rotatable bonds is 4. The van der Waals surface area contributed by atoms with Crippen molar-refractivity contribution in [3.8, 4) is 0 Å². The molecule has 1 heterocycles. The van der Waals surface area contributed by atoms with E-state index in [9.17, 15) is 14.7 Å². The number of nitrogens with zero attached hydrogens (tertiary/aromatic N) is 1. The van der Waals surface area contributed by atoms with E-state index < -0.39 is 17.4 Å². The van der Waals surface area contributed by atoms with E-state index in [2.05, 4.69) is 10.3 Å². The Morgan fingerprint density at radius 1 is 1.56 bits per heavy atom. The Hall–Kier alpha value is -1.62. The molecule has 1 aromatic heterocycles. The van der Waals surface area contributed by atoms with Crippen molar-refractivity contribution in [2.45, 2.75) is 25.3 Å². The molecule has 0 unspecified atom stereocenters. The topological polar surface area (TPSA) is 79.3 Å². The number of carbonyl (C=O) groups is 2. The number of carboxylic acids is 1. The number of aliphatic carboxylic acids is 1. The number of hydrogen-bond donors (Lipinski definition) is 2. The van der Waals surface area contributed by atoms with E-state index in [4.69, 9.17) is 11.6 Å². The number of carboxylic acid groups (broad SMARTS) is 1. The number of halogens is 1. The maximum Gasteiger partial charge on any atom is 0.329 e. The van der Waals surface area contributed by atoms with E-state index in [1.165, 1.54) is 25.4 Å². The van der Waals surface area contributed by atoms with Crippen LogP contribution in [0.2, 0.25) is 5.02 Å². The van der Waals surface area contributed by atoms with Gasteiger partial charge in [-0.2, -0.15) is 0 Å². The van der Waals surface area contributed by atoms with E-state index >= 15 is 0 Å². The molecule has 1 saturated carbocycles. The van der Waals surface area contributed by atoms with Gasteiger partial charge in [-0.3, -0.25) is 9.78 Å². The first-order valence-electron chi connectivity index (χ1n) is 5.60. The summed E-state index contributed by atoms with van der Waals surface area (Å²) in [7, 11) is 0. The predicted molar refractivity (Wildman–Crippen MR) is 65.5 cm³/mol. The van der Waals surface area contributed by atoms with Crippen LogP contribution in [0, 0.1) is 5.92 Å². The smallest absolute Gasteiger partial charge is 0.329 e. The average molecular weight is 269 g/mol. The summed E-state index contributed by atoms with van der Waals surface area (Å²) in [5.41, 5.74) is -0.997. The van der Waals surface area contributed by atoms with Crippen molar-refractivity contribution >= 4 is 23.5 Å². The molecule has 1 atom stereocenters. The fraction of sp³-hybridized carbons (Fsp3) is 0.417. The maximum atomic E-state index is 12.0. The Morgan fingerprint density at radius 2 is 2.22 bits per heavy atom. The molecule has 1 amide bonds. The van der Waals surface area contributed by atoms with Crippen molar-refractivity contribution in [2.24, 2.45) is 5.92 Å². The molecule has 1 aliphatic rings. The van der Waals surface area contributed by atoms with Crippen molar-refractivity contribution < 1.29 is 14.7 Å². The average Bonchev–Trinajstić information content (AvgIpc) is 3.13. The van der Waals surface area contributed by atoms with Gasteiger partial charge in [-0.1, -0.05) is 11.6 Å². The second kappa shape index (κ2) is 4.57. The highest BCUT2D eigenvalue weighted by molar-refractivity contribution is 6.33. The third-order valence-corrected chi connectivity index (χ3v) is 3.53. The molecule has 0 radical (unpaired) electrons. The Morgan fingerprint density at radius 3 is 2.72 bits per heavy atom. The molecule has 1 aliphatic carbocycles. The first-order chi connectivity index (χ1) is 8.45. The second-order valence-electron chi connectivity index (χ2n) is 4.59. The Balaban J connectivity index is 2.20. The Kier molecular flexibility index (Phi) is 3.26. The molecule has 18 heavy (non-hydrogen) atoms. The highest BCUT2D eigenvalue weighted by Gasteiger charge is 2.48. The minimum Gasteiger partial charge on any atom is -0.480 e. The van der Waals surface area contributed by atoms with Gasteiger partial charge >= 0.3 is 5.97 Å². The van der Waals surface area contributed by atoms with Crippen LogP contribution < -0.4 is 5.32 Å². The number of carbonyl (C=O) groups excluding carboxylic acids is 1. The van der Waals surface area contributed by atoms with E-state index in [-0.39, 0.29) is 16.5 Å². The van der Waals surface area contributed by atoms with Gasteiger partial charge in [0.15, 0.2) is 0 Å². The monoisotopic (exact) mass is 268 g/mol. The third kappa shape index (κ3) is 2.31. The fourth-order valence-corrected chi connectivity index (χ4v) is 2.06. The summed E-state index contributed by atoms with van der Waals surface area (Å²) in [6, 6.07) is 1.47. The summed E-state index contributed by atoms with van der Waals surface area (Å²) in [5.74, 6) is -1.53. The quantitative estimate of drug-likeness (QED) is 0.871. The molecule has 2 rings (SSSR count). The summed E-state index contributed by atoms with van der Waals surface area (Å²) in [6.07, 6.45) is 4.42. The largest absolute Gasteiger partial charge is 0.480 e. The summed E-state index contributed by atoms with van der Waals surface area (Å²) in [4.78, 5) is 27.1. The van der Waals surface area contributed by atoms with Crippen molar-refractivity contribution in [1.82, 2.24) is 10.3 Å². The van der Waals surface area contributed by atoms with Gasteiger partial charge in [0.2, 0.25) is 0 Å². The third-order valence-electron chi connectivity index (χ3n) is 3.23. The van der Waals surface area contributed by atoms with Crippen LogP contribution in [0.3, 0.4) is 0 Å². The molecule has 0 bridgehead atoms. The standard InChI is InChI=1S/C12H13ClN2O3/c1-12(11(17)18,7-2-3-7)15-10(16)8-4-5-14-6-9(8)13/h4-7H,2-3H2,1H3,(H,15,16)(H,17,18)/t12-/m0/s1. The molecule has 6 heteroatoms. The van der Waals surface area contributed by atoms with E-state index in [1.807, 2.05) is 0 Å². The van der Waals surface area contributed by atoms with Gasteiger partial charge in [-0.15, -0.1) is 0 Å². The molecule has 96 valence electrons. The van der Waals surface area contributed by atoms with Crippen LogP contribution in [-0.4, -0.2) is 27.5 Å². The molecule has 1 fully saturated rings. The Bertz CT molecular complexity index is 502. The van der Waals surface area contributed by atoms with E-state index in [0.29, 0.717) is 0 Å². The molecule has 0 aliphatic heterocycles. The SMILES string of the molecule is C[C@@](NC(=O)c1ccncc1Cl)(C(=O)O)C1CC1. The van der Waals surface area contributed by atoms with Crippen LogP contribution in [0.25, 0.3) is 0 Å². The summed E-state index contributed by atoms with van der Waals surface area (Å²) in [5, 5.41) is 12.0. The molecule has 1 aromatic rings. The van der Waals surface area contributed by atoms with Gasteiger partial charge in [0.05, 0.1) is 10.6 Å². The number of nitrogens with one attached hydrogen (secondary N) is 1. The minimum absolute atomic E-state index is 0.0143. The number of pyridine rings is 1. The summed E-state index contributed by atoms with van der Waals surface area (Å²) in [6.45, 7) is 1.53. The molecular formula is C12H13ClN2O3. The lowest BCUT2D eigenvalue weighted by molar-refractivity contribution is -0.144. The van der Waals surface area contributed by atoms with Crippen molar-refractivity contribution in [3.63, 3.8) is 0 Å². The van der Waals surface area contributed by atoms with Gasteiger partial charge in [0.1, 0.15) is 5.54 Å². The first-order valence-corrected chi connectivity index (χ1v) is 5.98. The molecular weight excluding hydrogens is 256 g/mol. The second-order valence-corrected chi connectivity index (χ2v) is 5.00. The van der Waals surface area contributed by atoms with Crippen LogP contribution >= 0.6 is 11.6 Å². The molecule has 0 spiro atoms. The van der Waals surface area contributed by atoms with Crippen LogP contribution in [0.5, 0.6) is 0 Å². The normalized spacial score (nSPS) is 17.9. The highest BCUT2D eigenvalue weighted by atomic mass is 35.5. The van der Waals surface area contributed by atoms with Gasteiger partial charge in [-0.25, -0.2) is 4.79 Å². The zero-order valence-electron chi connectivity index (χ0n) is 9.81. The molecule has 0 aromatic carbocycles. The summed E-state index contributed by atoms with van der Waals surface area (Å²) >= 11 is 5.85. The molecule has 2 N–H and O–H groups in total. The number of aromatic nitrogens is 1. The minimum atomic E-state index is -1.23. The molecule has 0 saturated heterocycles. The highest BCUT2D eigenvalue weighted by Crippen LogP contribution is 2.40. The lowest BCUT2D eigenvalue weighted by Gasteiger charge is -2.26. The zero-order valence-corrected chi connectivity index (χ0v) is 10.6. The lowest BCUT2D eigenvalue weighted by atomic mass is 9.95. The van der Waals surface area contributed by atoms with E-state index in [0.717, 1.165) is 12.8 Å². The van der Waals surface area contributed by atoms with Gasteiger partial charge in [0.25, 0.3) is 5.91 Å². The molecule has 5 nitrogen and oxygen atoms in total. The van der Waals surface area contributed by atoms with Crippen LogP contribution in [-0.2, 0) is 4.79 Å².